The van der Waals surface area contributed by atoms with E-state index in [1.165, 1.54) is 32.1 Å². The summed E-state index contributed by atoms with van der Waals surface area (Å²) in [5, 5.41) is 0. The fourth-order valence-electron chi connectivity index (χ4n) is 3.18. The predicted octanol–water partition coefficient (Wildman–Crippen LogP) is 1.76. The van der Waals surface area contributed by atoms with Crippen molar-refractivity contribution in [2.24, 2.45) is 5.73 Å². The van der Waals surface area contributed by atoms with Crippen molar-refractivity contribution in [2.45, 2.75) is 70.2 Å². The summed E-state index contributed by atoms with van der Waals surface area (Å²) in [7, 11) is 0. The molecule has 0 bridgehead atoms. The number of hydrogen-bond donors (Lipinski definition) is 1. The van der Waals surface area contributed by atoms with Crippen molar-refractivity contribution < 1.29 is 4.74 Å². The van der Waals surface area contributed by atoms with E-state index in [0.717, 1.165) is 13.1 Å². The van der Waals surface area contributed by atoms with Crippen molar-refractivity contribution in [1.29, 1.82) is 0 Å². The van der Waals surface area contributed by atoms with Gasteiger partial charge in [-0.25, -0.2) is 0 Å². The Kier molecular flexibility index (Phi) is 4.22. The lowest BCUT2D eigenvalue weighted by Crippen LogP contribution is -2.51. The minimum atomic E-state index is 0.449. The molecule has 0 aromatic rings. The third-order valence-electron chi connectivity index (χ3n) is 4.20. The number of likely N-dealkylation sites (tertiary alicyclic amines) is 1. The van der Waals surface area contributed by atoms with Crippen LogP contribution in [0.1, 0.15) is 46.0 Å². The predicted molar refractivity (Wildman–Crippen MR) is 66.4 cm³/mol. The molecule has 2 heterocycles. The zero-order valence-electron chi connectivity index (χ0n) is 10.7. The molecule has 16 heavy (non-hydrogen) atoms. The van der Waals surface area contributed by atoms with E-state index in [-0.39, 0.29) is 0 Å². The van der Waals surface area contributed by atoms with Crippen molar-refractivity contribution in [3.63, 3.8) is 0 Å². The SMILES string of the molecule is CC1CCC(CN2C(C)CCCC2CN)O1. The molecule has 0 amide bonds. The van der Waals surface area contributed by atoms with Crippen LogP contribution in [0.25, 0.3) is 0 Å². The minimum absolute atomic E-state index is 0.449. The summed E-state index contributed by atoms with van der Waals surface area (Å²) in [6, 6.07) is 1.27. The standard InChI is InChI=1S/C13H26N2O/c1-10-4-3-5-12(8-14)15(10)9-13-7-6-11(2)16-13/h10-13H,3-9,14H2,1-2H3. The van der Waals surface area contributed by atoms with Crippen LogP contribution in [0, 0.1) is 0 Å². The third kappa shape index (κ3) is 2.76. The average molecular weight is 226 g/mol. The Labute approximate surface area is 99.3 Å². The maximum Gasteiger partial charge on any atom is 0.0706 e. The molecule has 4 atom stereocenters. The highest BCUT2D eigenvalue weighted by molar-refractivity contribution is 4.86. The Morgan fingerprint density at radius 2 is 2.00 bits per heavy atom. The van der Waals surface area contributed by atoms with E-state index in [0.29, 0.717) is 24.3 Å². The zero-order valence-corrected chi connectivity index (χ0v) is 10.7. The van der Waals surface area contributed by atoms with Crippen molar-refractivity contribution in [3.05, 3.63) is 0 Å². The van der Waals surface area contributed by atoms with Crippen LogP contribution in [0.2, 0.25) is 0 Å². The first-order valence-corrected chi connectivity index (χ1v) is 6.82. The highest BCUT2D eigenvalue weighted by atomic mass is 16.5. The largest absolute Gasteiger partial charge is 0.374 e. The van der Waals surface area contributed by atoms with Gasteiger partial charge in [-0.1, -0.05) is 6.42 Å². The fraction of sp³-hybridized carbons (Fsp3) is 1.00. The topological polar surface area (TPSA) is 38.5 Å². The van der Waals surface area contributed by atoms with E-state index in [1.54, 1.807) is 0 Å². The summed E-state index contributed by atoms with van der Waals surface area (Å²) in [4.78, 5) is 2.59. The van der Waals surface area contributed by atoms with Crippen LogP contribution in [-0.2, 0) is 4.74 Å². The number of ether oxygens (including phenoxy) is 1. The van der Waals surface area contributed by atoms with Gasteiger partial charge in [-0.3, -0.25) is 4.90 Å². The lowest BCUT2D eigenvalue weighted by Gasteiger charge is -2.41. The minimum Gasteiger partial charge on any atom is -0.374 e. The summed E-state index contributed by atoms with van der Waals surface area (Å²) in [6.45, 7) is 6.40. The van der Waals surface area contributed by atoms with Crippen LogP contribution in [0.4, 0.5) is 0 Å². The normalized spacial score (nSPS) is 41.4. The van der Waals surface area contributed by atoms with Crippen LogP contribution in [0.3, 0.4) is 0 Å². The van der Waals surface area contributed by atoms with Gasteiger partial charge in [0.25, 0.3) is 0 Å². The summed E-state index contributed by atoms with van der Waals surface area (Å²) < 4.78 is 5.92. The molecule has 2 aliphatic rings. The van der Waals surface area contributed by atoms with Crippen molar-refractivity contribution in [1.82, 2.24) is 4.90 Å². The molecule has 2 saturated heterocycles. The summed E-state index contributed by atoms with van der Waals surface area (Å²) in [6.07, 6.45) is 7.27. The van der Waals surface area contributed by atoms with Gasteiger partial charge in [-0.05, 0) is 39.5 Å². The molecule has 0 aromatic heterocycles. The first kappa shape index (κ1) is 12.3. The Hall–Kier alpha value is -0.120. The second-order valence-corrected chi connectivity index (χ2v) is 5.51. The third-order valence-corrected chi connectivity index (χ3v) is 4.20. The molecule has 2 aliphatic heterocycles. The van der Waals surface area contributed by atoms with Gasteiger partial charge in [-0.2, -0.15) is 0 Å². The molecule has 4 unspecified atom stereocenters. The maximum atomic E-state index is 5.92. The molecule has 94 valence electrons. The zero-order chi connectivity index (χ0) is 11.5. The molecule has 2 N–H and O–H groups in total. The number of rotatable bonds is 3. The second-order valence-electron chi connectivity index (χ2n) is 5.51. The highest BCUT2D eigenvalue weighted by Crippen LogP contribution is 2.26. The van der Waals surface area contributed by atoms with Gasteiger partial charge in [-0.15, -0.1) is 0 Å². The van der Waals surface area contributed by atoms with Gasteiger partial charge >= 0.3 is 0 Å². The van der Waals surface area contributed by atoms with Crippen molar-refractivity contribution in [3.8, 4) is 0 Å². The summed E-state index contributed by atoms with van der Waals surface area (Å²) in [5.41, 5.74) is 5.87. The Bertz CT molecular complexity index is 222. The van der Waals surface area contributed by atoms with Gasteiger partial charge in [0.15, 0.2) is 0 Å². The Morgan fingerprint density at radius 1 is 1.19 bits per heavy atom. The molecule has 0 aromatic carbocycles. The Morgan fingerprint density at radius 3 is 2.62 bits per heavy atom. The lowest BCUT2D eigenvalue weighted by molar-refractivity contribution is -0.00108. The first-order chi connectivity index (χ1) is 7.70. The van der Waals surface area contributed by atoms with E-state index in [4.69, 9.17) is 10.5 Å². The average Bonchev–Trinajstić information content (AvgIpc) is 2.67. The monoisotopic (exact) mass is 226 g/mol. The molecule has 2 fully saturated rings. The summed E-state index contributed by atoms with van der Waals surface area (Å²) >= 11 is 0. The van der Waals surface area contributed by atoms with Gasteiger partial charge in [0.1, 0.15) is 0 Å². The molecular formula is C13H26N2O. The van der Waals surface area contributed by atoms with Gasteiger partial charge in [0.2, 0.25) is 0 Å². The van der Waals surface area contributed by atoms with Crippen LogP contribution in [0.15, 0.2) is 0 Å². The van der Waals surface area contributed by atoms with E-state index in [9.17, 15) is 0 Å². The second kappa shape index (κ2) is 5.48. The van der Waals surface area contributed by atoms with E-state index in [1.807, 2.05) is 0 Å². The molecule has 2 rings (SSSR count). The number of nitrogens with two attached hydrogens (primary N) is 1. The molecule has 0 saturated carbocycles. The number of nitrogens with zero attached hydrogens (tertiary/aromatic N) is 1. The van der Waals surface area contributed by atoms with Crippen molar-refractivity contribution >= 4 is 0 Å². The highest BCUT2D eigenvalue weighted by Gasteiger charge is 2.31. The lowest BCUT2D eigenvalue weighted by atomic mass is 9.95. The van der Waals surface area contributed by atoms with Gasteiger partial charge < -0.3 is 10.5 Å². The molecule has 3 nitrogen and oxygen atoms in total. The van der Waals surface area contributed by atoms with E-state index < -0.39 is 0 Å². The van der Waals surface area contributed by atoms with Crippen molar-refractivity contribution in [2.75, 3.05) is 13.1 Å². The molecule has 0 radical (unpaired) electrons. The number of hydrogen-bond acceptors (Lipinski definition) is 3. The van der Waals surface area contributed by atoms with Crippen LogP contribution >= 0.6 is 0 Å². The maximum absolute atomic E-state index is 5.92. The van der Waals surface area contributed by atoms with E-state index in [2.05, 4.69) is 18.7 Å². The Balaban J connectivity index is 1.89. The van der Waals surface area contributed by atoms with Crippen LogP contribution in [0.5, 0.6) is 0 Å². The smallest absolute Gasteiger partial charge is 0.0706 e. The molecule has 3 heteroatoms. The van der Waals surface area contributed by atoms with Gasteiger partial charge in [0.05, 0.1) is 12.2 Å². The van der Waals surface area contributed by atoms with E-state index >= 15 is 0 Å². The molecule has 0 aliphatic carbocycles. The number of piperidine rings is 1. The molecular weight excluding hydrogens is 200 g/mol. The van der Waals surface area contributed by atoms with Gasteiger partial charge in [0, 0.05) is 25.2 Å². The molecule has 0 spiro atoms. The summed E-state index contributed by atoms with van der Waals surface area (Å²) in [5.74, 6) is 0. The van der Waals surface area contributed by atoms with Crippen LogP contribution in [-0.4, -0.2) is 42.3 Å². The first-order valence-electron chi connectivity index (χ1n) is 6.82. The fourth-order valence-corrected chi connectivity index (χ4v) is 3.18. The quantitative estimate of drug-likeness (QED) is 0.797. The van der Waals surface area contributed by atoms with Crippen LogP contribution < -0.4 is 5.73 Å².